The first-order valence-corrected chi connectivity index (χ1v) is 11.7. The molecule has 2 heterocycles. The standard InChI is InChI=1S/C27H30N2O6/c1-34-23-18-20(9-11-21(23)30)25-24(22(31)10-8-19-6-3-2-4-7-19)26(32)27(33)29(25)13-5-12-28-14-16-35-17-15-28/h2-4,6-11,18,25,30,32H,5,12-17H2,1H3/b10-8+. The molecule has 2 aliphatic rings. The Hall–Kier alpha value is -3.62. The zero-order valence-corrected chi connectivity index (χ0v) is 19.7. The van der Waals surface area contributed by atoms with Crippen molar-refractivity contribution in [2.45, 2.75) is 12.5 Å². The molecule has 184 valence electrons. The van der Waals surface area contributed by atoms with Crippen LogP contribution in [-0.2, 0) is 14.3 Å². The van der Waals surface area contributed by atoms with E-state index in [9.17, 15) is 19.8 Å². The van der Waals surface area contributed by atoms with Crippen LogP contribution in [0.4, 0.5) is 0 Å². The Kier molecular flexibility index (Phi) is 7.84. The summed E-state index contributed by atoms with van der Waals surface area (Å²) in [6.07, 6.45) is 3.70. The van der Waals surface area contributed by atoms with Crippen LogP contribution in [0.2, 0.25) is 0 Å². The van der Waals surface area contributed by atoms with Gasteiger partial charge in [0.05, 0.1) is 31.9 Å². The van der Waals surface area contributed by atoms with Gasteiger partial charge in [0.15, 0.2) is 23.0 Å². The lowest BCUT2D eigenvalue weighted by atomic mass is 9.95. The number of carbonyl (C=O) groups is 2. The van der Waals surface area contributed by atoms with Crippen molar-refractivity contribution in [3.63, 3.8) is 0 Å². The first-order valence-electron chi connectivity index (χ1n) is 11.7. The molecule has 1 amide bonds. The first-order chi connectivity index (χ1) is 17.0. The fraction of sp³-hybridized carbons (Fsp3) is 0.333. The van der Waals surface area contributed by atoms with Crippen LogP contribution < -0.4 is 4.74 Å². The van der Waals surface area contributed by atoms with Crippen molar-refractivity contribution in [3.8, 4) is 11.5 Å². The predicted octanol–water partition coefficient (Wildman–Crippen LogP) is 3.10. The third-order valence-electron chi connectivity index (χ3n) is 6.29. The number of phenolic OH excluding ortho intramolecular Hbond substituents is 1. The second-order valence-corrected chi connectivity index (χ2v) is 8.51. The van der Waals surface area contributed by atoms with Gasteiger partial charge < -0.3 is 24.6 Å². The highest BCUT2D eigenvalue weighted by Crippen LogP contribution is 2.40. The molecule has 1 atom stereocenters. The summed E-state index contributed by atoms with van der Waals surface area (Å²) in [5.41, 5.74) is 1.41. The number of hydrogen-bond acceptors (Lipinski definition) is 7. The number of amides is 1. The van der Waals surface area contributed by atoms with Crippen molar-refractivity contribution in [2.24, 2.45) is 0 Å². The van der Waals surface area contributed by atoms with Crippen molar-refractivity contribution in [1.29, 1.82) is 0 Å². The van der Waals surface area contributed by atoms with Gasteiger partial charge in [-0.1, -0.05) is 42.5 Å². The van der Waals surface area contributed by atoms with E-state index in [1.165, 1.54) is 24.2 Å². The zero-order valence-electron chi connectivity index (χ0n) is 19.7. The quantitative estimate of drug-likeness (QED) is 0.534. The smallest absolute Gasteiger partial charge is 0.290 e. The van der Waals surface area contributed by atoms with Crippen molar-refractivity contribution in [3.05, 3.63) is 77.1 Å². The van der Waals surface area contributed by atoms with Gasteiger partial charge in [0.25, 0.3) is 5.91 Å². The van der Waals surface area contributed by atoms with Crippen molar-refractivity contribution >= 4 is 17.8 Å². The van der Waals surface area contributed by atoms with Gasteiger partial charge in [0.2, 0.25) is 0 Å². The highest BCUT2D eigenvalue weighted by molar-refractivity contribution is 6.14. The highest BCUT2D eigenvalue weighted by atomic mass is 16.5. The maximum absolute atomic E-state index is 13.3. The molecule has 1 saturated heterocycles. The number of methoxy groups -OCH3 is 1. The summed E-state index contributed by atoms with van der Waals surface area (Å²) in [5.74, 6) is -1.41. The third kappa shape index (κ3) is 5.55. The molecular weight excluding hydrogens is 448 g/mol. The minimum atomic E-state index is -0.797. The molecule has 0 aromatic heterocycles. The van der Waals surface area contributed by atoms with E-state index in [1.54, 1.807) is 18.2 Å². The molecule has 4 rings (SSSR count). The maximum Gasteiger partial charge on any atom is 0.290 e. The van der Waals surface area contributed by atoms with E-state index in [1.807, 2.05) is 30.3 Å². The summed E-state index contributed by atoms with van der Waals surface area (Å²) in [7, 11) is 1.43. The number of benzene rings is 2. The van der Waals surface area contributed by atoms with Crippen LogP contribution in [0.5, 0.6) is 11.5 Å². The normalized spacial score (nSPS) is 19.1. The van der Waals surface area contributed by atoms with Crippen molar-refractivity contribution in [1.82, 2.24) is 9.80 Å². The van der Waals surface area contributed by atoms with E-state index in [0.29, 0.717) is 31.7 Å². The molecule has 2 N–H and O–H groups in total. The molecule has 0 radical (unpaired) electrons. The average molecular weight is 479 g/mol. The molecule has 1 fully saturated rings. The Labute approximate surface area is 204 Å². The first kappa shape index (κ1) is 24.5. The van der Waals surface area contributed by atoms with E-state index in [0.717, 1.165) is 25.2 Å². The highest BCUT2D eigenvalue weighted by Gasteiger charge is 2.42. The van der Waals surface area contributed by atoms with E-state index < -0.39 is 23.5 Å². The lowest BCUT2D eigenvalue weighted by Gasteiger charge is -2.30. The molecule has 0 aliphatic carbocycles. The number of morpholine rings is 1. The summed E-state index contributed by atoms with van der Waals surface area (Å²) >= 11 is 0. The van der Waals surface area contributed by atoms with Gasteiger partial charge in [0, 0.05) is 26.2 Å². The van der Waals surface area contributed by atoms with Crippen molar-refractivity contribution < 1.29 is 29.3 Å². The van der Waals surface area contributed by atoms with Gasteiger partial charge in [-0.05, 0) is 35.8 Å². The number of aliphatic hydroxyl groups is 1. The molecular formula is C27H30N2O6. The number of ether oxygens (including phenoxy) is 2. The van der Waals surface area contributed by atoms with E-state index in [2.05, 4.69) is 4.90 Å². The van der Waals surface area contributed by atoms with Gasteiger partial charge in [-0.25, -0.2) is 0 Å². The topological polar surface area (TPSA) is 99.5 Å². The molecule has 35 heavy (non-hydrogen) atoms. The Morgan fingerprint density at radius 3 is 2.57 bits per heavy atom. The minimum Gasteiger partial charge on any atom is -0.504 e. The molecule has 0 bridgehead atoms. The molecule has 0 saturated carbocycles. The number of ketones is 1. The van der Waals surface area contributed by atoms with E-state index in [-0.39, 0.29) is 17.1 Å². The Morgan fingerprint density at radius 2 is 1.86 bits per heavy atom. The molecule has 2 aromatic rings. The number of carbonyl (C=O) groups excluding carboxylic acids is 2. The SMILES string of the molecule is COc1cc(C2C(C(=O)/C=C/c3ccccc3)=C(O)C(=O)N2CCCN2CCOCC2)ccc1O. The van der Waals surface area contributed by atoms with Crippen LogP contribution in [0.3, 0.4) is 0 Å². The number of allylic oxidation sites excluding steroid dienone is 1. The van der Waals surface area contributed by atoms with Crippen molar-refractivity contribution in [2.75, 3.05) is 46.5 Å². The zero-order chi connectivity index (χ0) is 24.8. The van der Waals surface area contributed by atoms with Crippen LogP contribution in [0.25, 0.3) is 6.08 Å². The largest absolute Gasteiger partial charge is 0.504 e. The molecule has 1 unspecified atom stereocenters. The summed E-state index contributed by atoms with van der Waals surface area (Å²) in [5, 5.41) is 20.8. The Balaban J connectivity index is 1.61. The van der Waals surface area contributed by atoms with Crippen LogP contribution in [0.1, 0.15) is 23.6 Å². The molecule has 8 heteroatoms. The Morgan fingerprint density at radius 1 is 1.11 bits per heavy atom. The second kappa shape index (κ2) is 11.2. The summed E-state index contributed by atoms with van der Waals surface area (Å²) < 4.78 is 10.6. The third-order valence-corrected chi connectivity index (χ3v) is 6.29. The van der Waals surface area contributed by atoms with E-state index >= 15 is 0 Å². The van der Waals surface area contributed by atoms with Gasteiger partial charge in [-0.2, -0.15) is 0 Å². The molecule has 2 aliphatic heterocycles. The second-order valence-electron chi connectivity index (χ2n) is 8.51. The van der Waals surface area contributed by atoms with Crippen LogP contribution in [0, 0.1) is 0 Å². The molecule has 2 aromatic carbocycles. The fourth-order valence-electron chi connectivity index (χ4n) is 4.46. The van der Waals surface area contributed by atoms with Crippen LogP contribution in [-0.4, -0.2) is 78.2 Å². The van der Waals surface area contributed by atoms with E-state index in [4.69, 9.17) is 9.47 Å². The lowest BCUT2D eigenvalue weighted by molar-refractivity contribution is -0.129. The number of phenols is 1. The maximum atomic E-state index is 13.3. The number of rotatable bonds is 9. The monoisotopic (exact) mass is 478 g/mol. The summed E-state index contributed by atoms with van der Waals surface area (Å²) in [6.45, 7) is 4.18. The summed E-state index contributed by atoms with van der Waals surface area (Å²) in [6, 6.07) is 13.2. The van der Waals surface area contributed by atoms with Crippen LogP contribution >= 0.6 is 0 Å². The fourth-order valence-corrected chi connectivity index (χ4v) is 4.46. The predicted molar refractivity (Wildman–Crippen MR) is 131 cm³/mol. The molecule has 0 spiro atoms. The van der Waals surface area contributed by atoms with Gasteiger partial charge >= 0.3 is 0 Å². The van der Waals surface area contributed by atoms with Gasteiger partial charge in [-0.15, -0.1) is 0 Å². The summed E-state index contributed by atoms with van der Waals surface area (Å²) in [4.78, 5) is 30.2. The molecule has 8 nitrogen and oxygen atoms in total. The van der Waals surface area contributed by atoms with Crippen LogP contribution in [0.15, 0.2) is 65.9 Å². The Bertz CT molecular complexity index is 1120. The minimum absolute atomic E-state index is 0.0151. The number of nitrogens with zero attached hydrogens (tertiary/aromatic N) is 2. The number of aromatic hydroxyl groups is 1. The van der Waals surface area contributed by atoms with Gasteiger partial charge in [0.1, 0.15) is 0 Å². The number of aliphatic hydroxyl groups excluding tert-OH is 1. The lowest BCUT2D eigenvalue weighted by Crippen LogP contribution is -2.39. The number of hydrogen-bond donors (Lipinski definition) is 2. The van der Waals surface area contributed by atoms with Gasteiger partial charge in [-0.3, -0.25) is 14.5 Å². The average Bonchev–Trinajstić information content (AvgIpc) is 3.14.